The van der Waals surface area contributed by atoms with E-state index in [1.165, 1.54) is 12.1 Å². The number of anilines is 2. The molecule has 0 aromatic heterocycles. The van der Waals surface area contributed by atoms with E-state index in [2.05, 4.69) is 0 Å². The van der Waals surface area contributed by atoms with E-state index in [9.17, 15) is 20.2 Å². The lowest BCUT2D eigenvalue weighted by Gasteiger charge is -1.97. The molecule has 2 aromatic carbocycles. The Morgan fingerprint density at radius 1 is 0.773 bits per heavy atom. The van der Waals surface area contributed by atoms with Crippen molar-refractivity contribution in [1.82, 2.24) is 0 Å². The van der Waals surface area contributed by atoms with Crippen LogP contribution in [0.5, 0.6) is 0 Å². The van der Waals surface area contributed by atoms with Gasteiger partial charge >= 0.3 is 0 Å². The first-order valence-electron chi connectivity index (χ1n) is 5.62. The van der Waals surface area contributed by atoms with Crippen LogP contribution in [0.25, 0.3) is 0 Å². The first-order chi connectivity index (χ1) is 10.3. The summed E-state index contributed by atoms with van der Waals surface area (Å²) in [6.45, 7) is 0. The summed E-state index contributed by atoms with van der Waals surface area (Å²) in [5.41, 5.74) is 11.9. The monoisotopic (exact) mass is 528 g/mol. The lowest BCUT2D eigenvalue weighted by molar-refractivity contribution is -0.385. The predicted octanol–water partition coefficient (Wildman–Crippen LogP) is 3.56. The van der Waals surface area contributed by atoms with Crippen LogP contribution in [0.2, 0.25) is 0 Å². The Balaban J connectivity index is 0.000000220. The second-order valence-corrected chi connectivity index (χ2v) is 6.03. The van der Waals surface area contributed by atoms with Crippen LogP contribution in [0.3, 0.4) is 0 Å². The smallest absolute Gasteiger partial charge is 0.284 e. The lowest BCUT2D eigenvalue weighted by Crippen LogP contribution is -1.95. The van der Waals surface area contributed by atoms with Crippen molar-refractivity contribution in [2.24, 2.45) is 0 Å². The van der Waals surface area contributed by atoms with Crippen molar-refractivity contribution < 1.29 is 9.85 Å². The summed E-state index contributed by atoms with van der Waals surface area (Å²) in [7, 11) is 0. The van der Waals surface area contributed by atoms with Gasteiger partial charge in [-0.15, -0.1) is 0 Å². The zero-order valence-electron chi connectivity index (χ0n) is 10.9. The van der Waals surface area contributed by atoms with E-state index in [1.807, 2.05) is 45.2 Å². The molecule has 0 aliphatic carbocycles. The largest absolute Gasteiger partial charge is 0.398 e. The molecule has 2 aromatic rings. The summed E-state index contributed by atoms with van der Waals surface area (Å²) < 4.78 is 0.991. The van der Waals surface area contributed by atoms with Gasteiger partial charge in [-0.1, -0.05) is 12.1 Å². The molecule has 0 fully saturated rings. The Morgan fingerprint density at radius 3 is 1.32 bits per heavy atom. The summed E-state index contributed by atoms with van der Waals surface area (Å²) >= 11 is 3.71. The minimum atomic E-state index is -0.446. The molecule has 0 unspecified atom stereocenters. The van der Waals surface area contributed by atoms with Gasteiger partial charge in [0.05, 0.1) is 21.2 Å². The molecule has 116 valence electrons. The van der Waals surface area contributed by atoms with Crippen LogP contribution in [0.4, 0.5) is 22.7 Å². The van der Waals surface area contributed by atoms with E-state index >= 15 is 0 Å². The first kappa shape index (κ1) is 18.3. The highest BCUT2D eigenvalue weighted by atomic mass is 127. The molecule has 0 aliphatic heterocycles. The van der Waals surface area contributed by atoms with Gasteiger partial charge in [0.25, 0.3) is 11.4 Å². The van der Waals surface area contributed by atoms with E-state index in [4.69, 9.17) is 11.5 Å². The van der Waals surface area contributed by atoms with Gasteiger partial charge in [0.15, 0.2) is 0 Å². The quantitative estimate of drug-likeness (QED) is 0.265. The minimum absolute atomic E-state index is 0.0607. The molecular formula is C12H10I2N4O4. The number of nitrogens with zero attached hydrogens (tertiary/aromatic N) is 2. The highest BCUT2D eigenvalue weighted by Gasteiger charge is 2.12. The van der Waals surface area contributed by atoms with Gasteiger partial charge < -0.3 is 11.5 Å². The van der Waals surface area contributed by atoms with Crippen LogP contribution < -0.4 is 11.5 Å². The standard InChI is InChI=1S/2C6H5IN2O2/c2*7-6-4(8)2-1-3-5(6)9(10)11/h2*1-3H,8H2. The van der Waals surface area contributed by atoms with Gasteiger partial charge in [-0.25, -0.2) is 0 Å². The third kappa shape index (κ3) is 4.66. The Bertz CT molecular complexity index is 663. The molecule has 0 saturated carbocycles. The number of nitrogen functional groups attached to an aromatic ring is 2. The predicted molar refractivity (Wildman–Crippen MR) is 100 cm³/mol. The number of benzene rings is 2. The van der Waals surface area contributed by atoms with Gasteiger partial charge in [-0.05, 0) is 57.3 Å². The summed E-state index contributed by atoms with van der Waals surface area (Å²) in [6.07, 6.45) is 0. The summed E-state index contributed by atoms with van der Waals surface area (Å²) in [4.78, 5) is 19.7. The maximum Gasteiger partial charge on any atom is 0.284 e. The van der Waals surface area contributed by atoms with Crippen LogP contribution in [-0.4, -0.2) is 9.85 Å². The van der Waals surface area contributed by atoms with E-state index in [-0.39, 0.29) is 11.4 Å². The molecule has 22 heavy (non-hydrogen) atoms. The molecule has 0 heterocycles. The van der Waals surface area contributed by atoms with Crippen molar-refractivity contribution in [3.63, 3.8) is 0 Å². The van der Waals surface area contributed by atoms with Crippen molar-refractivity contribution >= 4 is 67.9 Å². The third-order valence-corrected chi connectivity index (χ3v) is 4.76. The van der Waals surface area contributed by atoms with Gasteiger partial charge in [-0.3, -0.25) is 20.2 Å². The van der Waals surface area contributed by atoms with E-state index in [1.54, 1.807) is 24.3 Å². The van der Waals surface area contributed by atoms with Crippen molar-refractivity contribution in [3.05, 3.63) is 63.8 Å². The Hall–Kier alpha value is -1.70. The van der Waals surface area contributed by atoms with Crippen LogP contribution >= 0.6 is 45.2 Å². The van der Waals surface area contributed by atoms with E-state index < -0.39 is 9.85 Å². The average Bonchev–Trinajstić information content (AvgIpc) is 2.45. The summed E-state index contributed by atoms with van der Waals surface area (Å²) in [5.74, 6) is 0. The number of rotatable bonds is 2. The molecule has 4 N–H and O–H groups in total. The van der Waals surface area contributed by atoms with Gasteiger partial charge in [-0.2, -0.15) is 0 Å². The fraction of sp³-hybridized carbons (Fsp3) is 0. The number of nitro groups is 2. The molecule has 0 radical (unpaired) electrons. The second kappa shape index (κ2) is 8.07. The number of hydrogen-bond acceptors (Lipinski definition) is 6. The zero-order valence-corrected chi connectivity index (χ0v) is 15.2. The van der Waals surface area contributed by atoms with Crippen molar-refractivity contribution in [1.29, 1.82) is 0 Å². The van der Waals surface area contributed by atoms with E-state index in [0.29, 0.717) is 18.5 Å². The molecule has 0 saturated heterocycles. The highest BCUT2D eigenvalue weighted by molar-refractivity contribution is 14.1. The highest BCUT2D eigenvalue weighted by Crippen LogP contribution is 2.25. The second-order valence-electron chi connectivity index (χ2n) is 3.87. The molecule has 0 bridgehead atoms. The minimum Gasteiger partial charge on any atom is -0.398 e. The molecule has 10 heteroatoms. The van der Waals surface area contributed by atoms with Gasteiger partial charge in [0, 0.05) is 12.1 Å². The Kier molecular flexibility index (Phi) is 6.73. The SMILES string of the molecule is Nc1cccc([N+](=O)[O-])c1I.Nc1cccc([N+](=O)[O-])c1I. The maximum atomic E-state index is 10.3. The Labute approximate surface area is 152 Å². The normalized spacial score (nSPS) is 9.55. The molecule has 2 rings (SSSR count). The molecule has 0 amide bonds. The fourth-order valence-corrected chi connectivity index (χ4v) is 2.47. The van der Waals surface area contributed by atoms with Crippen LogP contribution in [0.1, 0.15) is 0 Å². The van der Waals surface area contributed by atoms with Crippen LogP contribution in [0.15, 0.2) is 36.4 Å². The van der Waals surface area contributed by atoms with Crippen molar-refractivity contribution in [3.8, 4) is 0 Å². The molecular weight excluding hydrogens is 518 g/mol. The maximum absolute atomic E-state index is 10.3. The first-order valence-corrected chi connectivity index (χ1v) is 7.78. The summed E-state index contributed by atoms with van der Waals surface area (Å²) in [5, 5.41) is 20.6. The number of nitro benzene ring substituents is 2. The van der Waals surface area contributed by atoms with Crippen molar-refractivity contribution in [2.45, 2.75) is 0 Å². The number of nitrogens with two attached hydrogens (primary N) is 2. The molecule has 0 aliphatic rings. The van der Waals surface area contributed by atoms with E-state index in [0.717, 1.165) is 0 Å². The zero-order chi connectivity index (χ0) is 16.9. The van der Waals surface area contributed by atoms with Crippen molar-refractivity contribution in [2.75, 3.05) is 11.5 Å². The van der Waals surface area contributed by atoms with Crippen LogP contribution in [-0.2, 0) is 0 Å². The molecule has 0 spiro atoms. The third-order valence-electron chi connectivity index (χ3n) is 2.41. The lowest BCUT2D eigenvalue weighted by atomic mass is 10.3. The number of halogens is 2. The van der Waals surface area contributed by atoms with Gasteiger partial charge in [0.2, 0.25) is 0 Å². The van der Waals surface area contributed by atoms with Crippen LogP contribution in [0, 0.1) is 27.4 Å². The van der Waals surface area contributed by atoms with Gasteiger partial charge in [0.1, 0.15) is 7.14 Å². The topological polar surface area (TPSA) is 138 Å². The molecule has 0 atom stereocenters. The molecule has 8 nitrogen and oxygen atoms in total. The Morgan fingerprint density at radius 2 is 1.09 bits per heavy atom. The summed E-state index contributed by atoms with van der Waals surface area (Å²) in [6, 6.07) is 9.26. The average molecular weight is 528 g/mol. The number of hydrogen-bond donors (Lipinski definition) is 2. The fourth-order valence-electron chi connectivity index (χ4n) is 1.36.